The highest BCUT2D eigenvalue weighted by Gasteiger charge is 2.32. The van der Waals surface area contributed by atoms with E-state index in [-0.39, 0.29) is 10.7 Å². The minimum Gasteiger partial charge on any atom is -0.403 e. The minimum absolute atomic E-state index is 0.111. The smallest absolute Gasteiger partial charge is 0.403 e. The molecule has 1 aromatic rings. The van der Waals surface area contributed by atoms with E-state index in [1.165, 1.54) is 6.07 Å². The maximum atomic E-state index is 13.0. The molecule has 9 heteroatoms. The van der Waals surface area contributed by atoms with Gasteiger partial charge in [-0.2, -0.15) is 5.10 Å². The summed E-state index contributed by atoms with van der Waals surface area (Å²) < 4.78 is 52.3. The number of nitrogens with zero attached hydrogens (tertiary/aromatic N) is 1. The van der Waals surface area contributed by atoms with Gasteiger partial charge in [0.25, 0.3) is 0 Å². The highest BCUT2D eigenvalue weighted by atomic mass is 32.1. The third-order valence-corrected chi connectivity index (χ3v) is 1.66. The number of rotatable bonds is 3. The molecule has 4 nitrogen and oxygen atoms in total. The van der Waals surface area contributed by atoms with Gasteiger partial charge >= 0.3 is 6.36 Å². The third-order valence-electron chi connectivity index (χ3n) is 1.57. The number of thiocarbonyl (C=S) groups is 1. The molecule has 1 rings (SSSR count). The van der Waals surface area contributed by atoms with Crippen LogP contribution in [0.5, 0.6) is 5.75 Å². The van der Waals surface area contributed by atoms with Crippen molar-refractivity contribution in [3.05, 3.63) is 29.6 Å². The number of alkyl halides is 3. The Balaban J connectivity index is 2.87. The zero-order valence-electron chi connectivity index (χ0n) is 8.66. The van der Waals surface area contributed by atoms with E-state index in [0.29, 0.717) is 0 Å². The molecule has 0 saturated heterocycles. The van der Waals surface area contributed by atoms with Gasteiger partial charge in [-0.15, -0.1) is 13.2 Å². The first-order valence-corrected chi connectivity index (χ1v) is 4.82. The lowest BCUT2D eigenvalue weighted by molar-refractivity contribution is -0.275. The van der Waals surface area contributed by atoms with E-state index >= 15 is 0 Å². The lowest BCUT2D eigenvalue weighted by atomic mass is 10.2. The van der Waals surface area contributed by atoms with E-state index in [9.17, 15) is 17.6 Å². The molecule has 1 aromatic carbocycles. The number of halogens is 4. The second-order valence-corrected chi connectivity index (χ2v) is 3.41. The molecule has 0 amide bonds. The quantitative estimate of drug-likeness (QED) is 0.384. The number of nitrogens with two attached hydrogens (primary N) is 1. The predicted molar refractivity (Wildman–Crippen MR) is 60.6 cm³/mol. The van der Waals surface area contributed by atoms with Crippen molar-refractivity contribution in [2.45, 2.75) is 6.36 Å². The van der Waals surface area contributed by atoms with Gasteiger partial charge in [0.1, 0.15) is 0 Å². The maximum Gasteiger partial charge on any atom is 0.573 e. The molecule has 0 fully saturated rings. The first-order valence-electron chi connectivity index (χ1n) is 4.42. The van der Waals surface area contributed by atoms with Gasteiger partial charge in [0, 0.05) is 0 Å². The van der Waals surface area contributed by atoms with Gasteiger partial charge < -0.3 is 10.5 Å². The van der Waals surface area contributed by atoms with Crippen LogP contribution in [0.2, 0.25) is 0 Å². The lowest BCUT2D eigenvalue weighted by Gasteiger charge is -2.09. The molecule has 0 bridgehead atoms. The summed E-state index contributed by atoms with van der Waals surface area (Å²) in [5.74, 6) is -2.08. The van der Waals surface area contributed by atoms with E-state index in [1.807, 2.05) is 0 Å². The van der Waals surface area contributed by atoms with E-state index in [2.05, 4.69) is 27.5 Å². The Bertz CT molecular complexity index is 475. The van der Waals surface area contributed by atoms with Crippen LogP contribution < -0.4 is 15.9 Å². The normalized spacial score (nSPS) is 11.6. The van der Waals surface area contributed by atoms with Gasteiger partial charge in [-0.3, -0.25) is 5.43 Å². The fourth-order valence-electron chi connectivity index (χ4n) is 0.974. The molecule has 0 heterocycles. The number of hydrogen-bond acceptors (Lipinski definition) is 3. The average molecular weight is 281 g/mol. The number of ether oxygens (including phenoxy) is 1. The van der Waals surface area contributed by atoms with Crippen molar-refractivity contribution in [3.63, 3.8) is 0 Å². The van der Waals surface area contributed by atoms with Crippen LogP contribution in [-0.2, 0) is 0 Å². The molecular weight excluding hydrogens is 274 g/mol. The van der Waals surface area contributed by atoms with Crippen LogP contribution >= 0.6 is 12.2 Å². The summed E-state index contributed by atoms with van der Waals surface area (Å²) in [6, 6.07) is 2.88. The highest BCUT2D eigenvalue weighted by molar-refractivity contribution is 7.80. The van der Waals surface area contributed by atoms with Crippen molar-refractivity contribution >= 4 is 23.5 Å². The molecule has 0 saturated carbocycles. The topological polar surface area (TPSA) is 59.6 Å². The maximum absolute atomic E-state index is 13.0. The summed E-state index contributed by atoms with van der Waals surface area (Å²) in [7, 11) is 0. The molecule has 18 heavy (non-hydrogen) atoms. The van der Waals surface area contributed by atoms with E-state index in [1.54, 1.807) is 0 Å². The Hall–Kier alpha value is -1.90. The molecule has 0 aliphatic rings. The second kappa shape index (κ2) is 5.63. The number of nitrogens with one attached hydrogen (secondary N) is 1. The van der Waals surface area contributed by atoms with Gasteiger partial charge in [-0.25, -0.2) is 4.39 Å². The van der Waals surface area contributed by atoms with Crippen molar-refractivity contribution in [3.8, 4) is 5.75 Å². The van der Waals surface area contributed by atoms with Crippen molar-refractivity contribution in [1.29, 1.82) is 0 Å². The third kappa shape index (κ3) is 4.95. The van der Waals surface area contributed by atoms with Crippen molar-refractivity contribution in [2.24, 2.45) is 10.8 Å². The predicted octanol–water partition coefficient (Wildman–Crippen LogP) is 1.89. The summed E-state index contributed by atoms with van der Waals surface area (Å²) in [6.45, 7) is 0. The standard InChI is InChI=1S/C9H7F4N3OS/c10-6-2-1-5(4-15-16-8(14)18)3-7(6)17-9(11,12)13/h1-4H,(H3,14,16,18). The molecule has 0 aliphatic heterocycles. The first kappa shape index (κ1) is 14.2. The Morgan fingerprint density at radius 1 is 1.44 bits per heavy atom. The van der Waals surface area contributed by atoms with E-state index < -0.39 is 17.9 Å². The van der Waals surface area contributed by atoms with Gasteiger partial charge in [-0.1, -0.05) is 6.07 Å². The van der Waals surface area contributed by atoms with Gasteiger partial charge in [0.05, 0.1) is 6.21 Å². The molecular formula is C9H7F4N3OS. The van der Waals surface area contributed by atoms with Crippen LogP contribution in [0.15, 0.2) is 23.3 Å². The number of hydrazone groups is 1. The van der Waals surface area contributed by atoms with Gasteiger partial charge in [-0.05, 0) is 29.9 Å². The van der Waals surface area contributed by atoms with Crippen LogP contribution in [0.3, 0.4) is 0 Å². The number of hydrogen-bond donors (Lipinski definition) is 2. The fourth-order valence-corrected chi connectivity index (χ4v) is 1.03. The van der Waals surface area contributed by atoms with Crippen molar-refractivity contribution in [1.82, 2.24) is 5.43 Å². The van der Waals surface area contributed by atoms with E-state index in [0.717, 1.165) is 18.3 Å². The van der Waals surface area contributed by atoms with E-state index in [4.69, 9.17) is 5.73 Å². The molecule has 0 atom stereocenters. The minimum atomic E-state index is -4.96. The molecule has 0 aromatic heterocycles. The Kier molecular flexibility index (Phi) is 4.43. The summed E-state index contributed by atoms with van der Waals surface area (Å²) in [4.78, 5) is 0. The first-order chi connectivity index (χ1) is 8.28. The summed E-state index contributed by atoms with van der Waals surface area (Å²) in [6.07, 6.45) is -3.85. The van der Waals surface area contributed by atoms with Gasteiger partial charge in [0.2, 0.25) is 0 Å². The van der Waals surface area contributed by atoms with Crippen LogP contribution in [0.4, 0.5) is 17.6 Å². The Morgan fingerprint density at radius 2 is 2.11 bits per heavy atom. The van der Waals surface area contributed by atoms with Crippen LogP contribution in [0.1, 0.15) is 5.56 Å². The summed E-state index contributed by atoms with van der Waals surface area (Å²) >= 11 is 4.45. The van der Waals surface area contributed by atoms with Crippen molar-refractivity contribution < 1.29 is 22.3 Å². The largest absolute Gasteiger partial charge is 0.573 e. The van der Waals surface area contributed by atoms with Gasteiger partial charge in [0.15, 0.2) is 16.7 Å². The number of benzene rings is 1. The van der Waals surface area contributed by atoms with Crippen LogP contribution in [0.25, 0.3) is 0 Å². The monoisotopic (exact) mass is 281 g/mol. The molecule has 98 valence electrons. The van der Waals surface area contributed by atoms with Crippen molar-refractivity contribution in [2.75, 3.05) is 0 Å². The average Bonchev–Trinajstić information content (AvgIpc) is 2.20. The fraction of sp³-hybridized carbons (Fsp3) is 0.111. The second-order valence-electron chi connectivity index (χ2n) is 2.97. The molecule has 0 unspecified atom stereocenters. The summed E-state index contributed by atoms with van der Waals surface area (Å²) in [5.41, 5.74) is 7.45. The van der Waals surface area contributed by atoms with Crippen LogP contribution in [-0.4, -0.2) is 17.7 Å². The zero-order valence-corrected chi connectivity index (χ0v) is 9.48. The Morgan fingerprint density at radius 3 is 2.67 bits per heavy atom. The van der Waals surface area contributed by atoms with Crippen LogP contribution in [0, 0.1) is 5.82 Å². The lowest BCUT2D eigenvalue weighted by Crippen LogP contribution is -2.24. The molecule has 0 aliphatic carbocycles. The SMILES string of the molecule is NC(=S)NN=Cc1ccc(F)c(OC(F)(F)F)c1. The molecule has 0 radical (unpaired) electrons. The summed E-state index contributed by atoms with van der Waals surface area (Å²) in [5, 5.41) is 3.40. The molecule has 0 spiro atoms. The molecule has 3 N–H and O–H groups in total. The zero-order chi connectivity index (χ0) is 13.8. The Labute approximate surface area is 104 Å². The highest BCUT2D eigenvalue weighted by Crippen LogP contribution is 2.25.